The third-order valence-electron chi connectivity index (χ3n) is 3.69. The number of para-hydroxylation sites is 1. The van der Waals surface area contributed by atoms with Crippen LogP contribution in [0.1, 0.15) is 30.6 Å². The highest BCUT2D eigenvalue weighted by molar-refractivity contribution is 5.95. The van der Waals surface area contributed by atoms with Gasteiger partial charge in [0.05, 0.1) is 0 Å². The molecule has 0 fully saturated rings. The number of benzene rings is 2. The highest BCUT2D eigenvalue weighted by atomic mass is 16.1. The molecule has 1 amide bonds. The fourth-order valence-corrected chi connectivity index (χ4v) is 2.36. The van der Waals surface area contributed by atoms with E-state index in [0.29, 0.717) is 24.2 Å². The van der Waals surface area contributed by atoms with Crippen molar-refractivity contribution >= 4 is 23.1 Å². The van der Waals surface area contributed by atoms with Crippen molar-refractivity contribution in [3.63, 3.8) is 0 Å². The normalized spacial score (nSPS) is 10.2. The summed E-state index contributed by atoms with van der Waals surface area (Å²) in [5.74, 6) is -0.0146. The first-order valence-corrected chi connectivity index (χ1v) is 7.81. The van der Waals surface area contributed by atoms with Crippen molar-refractivity contribution in [1.29, 1.82) is 0 Å². The second kappa shape index (κ2) is 8.13. The maximum atomic E-state index is 12.1. The van der Waals surface area contributed by atoms with Gasteiger partial charge in [-0.1, -0.05) is 18.2 Å². The molecule has 120 valence electrons. The molecule has 0 aliphatic carbocycles. The molecule has 0 aromatic heterocycles. The van der Waals surface area contributed by atoms with Gasteiger partial charge in [0.25, 0.3) is 0 Å². The summed E-state index contributed by atoms with van der Waals surface area (Å²) in [6.07, 6.45) is 0.414. The van der Waals surface area contributed by atoms with Crippen LogP contribution < -0.4 is 10.2 Å². The van der Waals surface area contributed by atoms with Gasteiger partial charge in [-0.2, -0.15) is 0 Å². The summed E-state index contributed by atoms with van der Waals surface area (Å²) in [6, 6.07) is 17.0. The van der Waals surface area contributed by atoms with Gasteiger partial charge >= 0.3 is 0 Å². The van der Waals surface area contributed by atoms with E-state index in [1.54, 1.807) is 24.3 Å². The Morgan fingerprint density at radius 3 is 2.22 bits per heavy atom. The molecule has 0 radical (unpaired) electrons. The molecule has 0 heterocycles. The predicted molar refractivity (Wildman–Crippen MR) is 94.0 cm³/mol. The number of ketones is 1. The molecule has 2 aromatic rings. The van der Waals surface area contributed by atoms with Crippen LogP contribution in [-0.2, 0) is 4.79 Å². The highest BCUT2D eigenvalue weighted by Crippen LogP contribution is 2.14. The van der Waals surface area contributed by atoms with Crippen LogP contribution in [0.4, 0.5) is 11.4 Å². The van der Waals surface area contributed by atoms with Gasteiger partial charge in [0.15, 0.2) is 5.78 Å². The van der Waals surface area contributed by atoms with Crippen LogP contribution in [-0.4, -0.2) is 24.8 Å². The molecule has 0 saturated carbocycles. The quantitative estimate of drug-likeness (QED) is 0.792. The minimum Gasteiger partial charge on any atom is -0.371 e. The van der Waals surface area contributed by atoms with Crippen molar-refractivity contribution in [2.24, 2.45) is 0 Å². The third-order valence-corrected chi connectivity index (χ3v) is 3.69. The van der Waals surface area contributed by atoms with Crippen molar-refractivity contribution in [2.45, 2.75) is 20.3 Å². The topological polar surface area (TPSA) is 49.4 Å². The minimum absolute atomic E-state index is 0.0179. The van der Waals surface area contributed by atoms with E-state index in [4.69, 9.17) is 0 Å². The molecule has 1 N–H and O–H groups in total. The highest BCUT2D eigenvalue weighted by Gasteiger charge is 2.08. The van der Waals surface area contributed by atoms with Gasteiger partial charge in [0.1, 0.15) is 0 Å². The monoisotopic (exact) mass is 310 g/mol. The van der Waals surface area contributed by atoms with E-state index in [2.05, 4.69) is 17.1 Å². The molecular weight excluding hydrogens is 288 g/mol. The van der Waals surface area contributed by atoms with Crippen LogP contribution in [0.15, 0.2) is 54.6 Å². The van der Waals surface area contributed by atoms with Crippen molar-refractivity contribution in [1.82, 2.24) is 0 Å². The lowest BCUT2D eigenvalue weighted by molar-refractivity contribution is -0.116. The molecule has 4 heteroatoms. The Kier molecular flexibility index (Phi) is 5.92. The second-order valence-electron chi connectivity index (χ2n) is 5.35. The van der Waals surface area contributed by atoms with Gasteiger partial charge in [-0.25, -0.2) is 0 Å². The van der Waals surface area contributed by atoms with Gasteiger partial charge in [-0.3, -0.25) is 9.59 Å². The molecule has 0 bridgehead atoms. The number of carbonyl (C=O) groups excluding carboxylic acids is 2. The van der Waals surface area contributed by atoms with E-state index >= 15 is 0 Å². The number of nitrogens with one attached hydrogen (secondary N) is 1. The first kappa shape index (κ1) is 16.7. The van der Waals surface area contributed by atoms with Crippen molar-refractivity contribution in [3.05, 3.63) is 60.2 Å². The summed E-state index contributed by atoms with van der Waals surface area (Å²) in [5.41, 5.74) is 2.47. The van der Waals surface area contributed by atoms with E-state index in [9.17, 15) is 9.59 Å². The van der Waals surface area contributed by atoms with Crippen LogP contribution in [0.25, 0.3) is 0 Å². The van der Waals surface area contributed by atoms with E-state index in [1.807, 2.05) is 30.3 Å². The van der Waals surface area contributed by atoms with Crippen LogP contribution in [0.2, 0.25) is 0 Å². The SMILES string of the molecule is CCN(CCC(=O)Nc1ccc(C(C)=O)cc1)c1ccccc1. The van der Waals surface area contributed by atoms with Crippen LogP contribution in [0.3, 0.4) is 0 Å². The number of anilines is 2. The molecule has 23 heavy (non-hydrogen) atoms. The Morgan fingerprint density at radius 2 is 1.65 bits per heavy atom. The Labute approximate surface area is 137 Å². The number of nitrogens with zero attached hydrogens (tertiary/aromatic N) is 1. The van der Waals surface area contributed by atoms with Gasteiger partial charge < -0.3 is 10.2 Å². The number of Topliss-reactive ketones (excluding diaryl/α,β-unsaturated/α-hetero) is 1. The lowest BCUT2D eigenvalue weighted by atomic mass is 10.1. The maximum absolute atomic E-state index is 12.1. The fourth-order valence-electron chi connectivity index (χ4n) is 2.36. The van der Waals surface area contributed by atoms with E-state index in [-0.39, 0.29) is 11.7 Å². The fraction of sp³-hybridized carbons (Fsp3) is 0.263. The zero-order chi connectivity index (χ0) is 16.7. The minimum atomic E-state index is -0.0324. The lowest BCUT2D eigenvalue weighted by Crippen LogP contribution is -2.27. The van der Waals surface area contributed by atoms with E-state index in [0.717, 1.165) is 12.2 Å². The number of amides is 1. The predicted octanol–water partition coefficient (Wildman–Crippen LogP) is 3.74. The lowest BCUT2D eigenvalue weighted by Gasteiger charge is -2.22. The van der Waals surface area contributed by atoms with Gasteiger partial charge in [-0.15, -0.1) is 0 Å². The van der Waals surface area contributed by atoms with Crippen molar-refractivity contribution < 1.29 is 9.59 Å². The summed E-state index contributed by atoms with van der Waals surface area (Å²) < 4.78 is 0. The second-order valence-corrected chi connectivity index (χ2v) is 5.35. The van der Waals surface area contributed by atoms with Crippen LogP contribution in [0.5, 0.6) is 0 Å². The zero-order valence-corrected chi connectivity index (χ0v) is 13.6. The first-order valence-electron chi connectivity index (χ1n) is 7.81. The van der Waals surface area contributed by atoms with Crippen molar-refractivity contribution in [3.8, 4) is 0 Å². The number of hydrogen-bond donors (Lipinski definition) is 1. The standard InChI is InChI=1S/C19H22N2O2/c1-3-21(18-7-5-4-6-8-18)14-13-19(23)20-17-11-9-16(10-12-17)15(2)22/h4-12H,3,13-14H2,1-2H3,(H,20,23). The van der Waals surface area contributed by atoms with Gasteiger partial charge in [0, 0.05) is 36.4 Å². The van der Waals surface area contributed by atoms with Gasteiger partial charge in [-0.05, 0) is 50.2 Å². The van der Waals surface area contributed by atoms with Crippen LogP contribution in [0, 0.1) is 0 Å². The first-order chi connectivity index (χ1) is 11.1. The molecule has 2 rings (SSSR count). The smallest absolute Gasteiger partial charge is 0.226 e. The van der Waals surface area contributed by atoms with E-state index < -0.39 is 0 Å². The Bertz CT molecular complexity index is 651. The summed E-state index contributed by atoms with van der Waals surface area (Å²) in [4.78, 5) is 25.5. The Hall–Kier alpha value is -2.62. The molecule has 4 nitrogen and oxygen atoms in total. The number of hydrogen-bond acceptors (Lipinski definition) is 3. The molecule has 0 aliphatic heterocycles. The van der Waals surface area contributed by atoms with Crippen LogP contribution >= 0.6 is 0 Å². The average Bonchev–Trinajstić information content (AvgIpc) is 2.57. The molecule has 0 spiro atoms. The largest absolute Gasteiger partial charge is 0.371 e. The Morgan fingerprint density at radius 1 is 1.00 bits per heavy atom. The molecule has 0 saturated heterocycles. The van der Waals surface area contributed by atoms with Crippen molar-refractivity contribution in [2.75, 3.05) is 23.3 Å². The molecule has 0 atom stereocenters. The summed E-state index contributed by atoms with van der Waals surface area (Å²) in [5, 5.41) is 2.86. The molecule has 2 aromatic carbocycles. The average molecular weight is 310 g/mol. The maximum Gasteiger partial charge on any atom is 0.226 e. The third kappa shape index (κ3) is 4.95. The number of carbonyl (C=O) groups is 2. The zero-order valence-electron chi connectivity index (χ0n) is 13.6. The van der Waals surface area contributed by atoms with E-state index in [1.165, 1.54) is 6.92 Å². The summed E-state index contributed by atoms with van der Waals surface area (Å²) in [7, 11) is 0. The number of rotatable bonds is 7. The van der Waals surface area contributed by atoms with Gasteiger partial charge in [0.2, 0.25) is 5.91 Å². The molecular formula is C19H22N2O2. The molecule has 0 aliphatic rings. The summed E-state index contributed by atoms with van der Waals surface area (Å²) >= 11 is 0. The summed E-state index contributed by atoms with van der Waals surface area (Å²) in [6.45, 7) is 5.12. The Balaban J connectivity index is 1.88. The molecule has 0 unspecified atom stereocenters.